The minimum absolute atomic E-state index is 0.142. The zero-order valence-electron chi connectivity index (χ0n) is 14.7. The zero-order valence-corrected chi connectivity index (χ0v) is 14.7. The number of anilines is 2. The molecule has 136 valence electrons. The molecule has 3 rings (SSSR count). The van der Waals surface area contributed by atoms with Gasteiger partial charge in [0.2, 0.25) is 5.91 Å². The van der Waals surface area contributed by atoms with Crippen molar-refractivity contribution in [2.75, 3.05) is 17.7 Å². The average Bonchev–Trinajstić information content (AvgIpc) is 3.09. The van der Waals surface area contributed by atoms with E-state index < -0.39 is 11.0 Å². The minimum atomic E-state index is -0.545. The molecular formula is C19H21N3O4. The number of hydrogen-bond donors (Lipinski definition) is 2. The van der Waals surface area contributed by atoms with Crippen molar-refractivity contribution in [1.29, 1.82) is 0 Å². The molecule has 0 fully saturated rings. The van der Waals surface area contributed by atoms with Crippen LogP contribution in [0.15, 0.2) is 36.4 Å². The highest BCUT2D eigenvalue weighted by Gasteiger charge is 2.20. The van der Waals surface area contributed by atoms with E-state index in [9.17, 15) is 14.9 Å². The molecule has 1 aliphatic carbocycles. The van der Waals surface area contributed by atoms with Crippen LogP contribution in [-0.4, -0.2) is 24.0 Å². The van der Waals surface area contributed by atoms with Gasteiger partial charge >= 0.3 is 0 Å². The summed E-state index contributed by atoms with van der Waals surface area (Å²) in [7, 11) is 1.43. The average molecular weight is 355 g/mol. The molecule has 1 unspecified atom stereocenters. The number of aryl methyl sites for hydroxylation is 2. The number of benzene rings is 2. The van der Waals surface area contributed by atoms with E-state index in [-0.39, 0.29) is 17.3 Å². The molecule has 1 amide bonds. The summed E-state index contributed by atoms with van der Waals surface area (Å²) in [4.78, 5) is 23.1. The number of carbonyl (C=O) groups excluding carboxylic acids is 1. The number of methoxy groups -OCH3 is 1. The van der Waals surface area contributed by atoms with Gasteiger partial charge in [-0.25, -0.2) is 0 Å². The second-order valence-electron chi connectivity index (χ2n) is 6.33. The molecule has 0 aromatic heterocycles. The van der Waals surface area contributed by atoms with Gasteiger partial charge < -0.3 is 15.4 Å². The number of fused-ring (bicyclic) bond motifs is 1. The van der Waals surface area contributed by atoms with E-state index in [2.05, 4.69) is 22.8 Å². The summed E-state index contributed by atoms with van der Waals surface area (Å²) in [5.74, 6) is 0.0118. The largest absolute Gasteiger partial charge is 0.496 e. The minimum Gasteiger partial charge on any atom is -0.496 e. The molecule has 0 saturated carbocycles. The van der Waals surface area contributed by atoms with Crippen molar-refractivity contribution in [2.24, 2.45) is 0 Å². The first-order valence-electron chi connectivity index (χ1n) is 8.49. The summed E-state index contributed by atoms with van der Waals surface area (Å²) < 4.78 is 5.00. The maximum atomic E-state index is 12.5. The highest BCUT2D eigenvalue weighted by atomic mass is 16.6. The summed E-state index contributed by atoms with van der Waals surface area (Å²) in [6.07, 6.45) is 3.33. The maximum Gasteiger partial charge on any atom is 0.296 e. The number of nitro benzene ring substituents is 1. The summed E-state index contributed by atoms with van der Waals surface area (Å²) in [6.45, 7) is 1.72. The van der Waals surface area contributed by atoms with Crippen LogP contribution in [0.5, 0.6) is 5.75 Å². The van der Waals surface area contributed by atoms with Crippen molar-refractivity contribution in [3.63, 3.8) is 0 Å². The monoisotopic (exact) mass is 355 g/mol. The van der Waals surface area contributed by atoms with Gasteiger partial charge in [-0.3, -0.25) is 14.9 Å². The van der Waals surface area contributed by atoms with Gasteiger partial charge in [0.1, 0.15) is 17.5 Å². The van der Waals surface area contributed by atoms with Crippen molar-refractivity contribution in [3.8, 4) is 5.75 Å². The number of amides is 1. The first-order valence-corrected chi connectivity index (χ1v) is 8.49. The predicted octanol–water partition coefficient (Wildman–Crippen LogP) is 3.53. The van der Waals surface area contributed by atoms with E-state index in [0.717, 1.165) is 24.9 Å². The fraction of sp³-hybridized carbons (Fsp3) is 0.316. The van der Waals surface area contributed by atoms with Crippen molar-refractivity contribution < 1.29 is 14.5 Å². The Balaban J connectivity index is 1.70. The highest BCUT2D eigenvalue weighted by molar-refractivity contribution is 5.98. The lowest BCUT2D eigenvalue weighted by Gasteiger charge is -2.16. The fourth-order valence-electron chi connectivity index (χ4n) is 3.11. The van der Waals surface area contributed by atoms with Gasteiger partial charge in [-0.1, -0.05) is 6.07 Å². The molecule has 2 N–H and O–H groups in total. The Kier molecular flexibility index (Phi) is 5.06. The number of carbonyl (C=O) groups is 1. The van der Waals surface area contributed by atoms with Crippen molar-refractivity contribution >= 4 is 23.0 Å². The van der Waals surface area contributed by atoms with E-state index in [1.54, 1.807) is 13.0 Å². The molecule has 2 aromatic carbocycles. The van der Waals surface area contributed by atoms with Gasteiger partial charge in [0, 0.05) is 5.69 Å². The third-order valence-electron chi connectivity index (χ3n) is 4.53. The van der Waals surface area contributed by atoms with Gasteiger partial charge in [-0.2, -0.15) is 0 Å². The standard InChI is InChI=1S/C19H21N3O4/c1-12(20-15-7-6-13-4-3-5-14(13)10-15)19(23)21-17-9-8-16(26-2)11-18(17)22(24)25/h6-12,20H,3-5H2,1-2H3,(H,21,23). The number of nitro groups is 1. The molecular weight excluding hydrogens is 334 g/mol. The Morgan fingerprint density at radius 3 is 2.69 bits per heavy atom. The molecule has 7 nitrogen and oxygen atoms in total. The lowest BCUT2D eigenvalue weighted by Crippen LogP contribution is -2.32. The van der Waals surface area contributed by atoms with E-state index in [4.69, 9.17) is 4.74 Å². The second-order valence-corrected chi connectivity index (χ2v) is 6.33. The van der Waals surface area contributed by atoms with Crippen LogP contribution in [0.25, 0.3) is 0 Å². The Bertz CT molecular complexity index is 851. The summed E-state index contributed by atoms with van der Waals surface area (Å²) in [5.41, 5.74) is 3.48. The maximum absolute atomic E-state index is 12.5. The van der Waals surface area contributed by atoms with Gasteiger partial charge in [0.15, 0.2) is 0 Å². The molecule has 0 spiro atoms. The van der Waals surface area contributed by atoms with Crippen LogP contribution >= 0.6 is 0 Å². The Hall–Kier alpha value is -3.09. The fourth-order valence-corrected chi connectivity index (χ4v) is 3.11. The molecule has 1 atom stereocenters. The number of hydrogen-bond acceptors (Lipinski definition) is 5. The number of ether oxygens (including phenoxy) is 1. The molecule has 0 aliphatic heterocycles. The van der Waals surface area contributed by atoms with Gasteiger partial charge in [0.25, 0.3) is 5.69 Å². The molecule has 2 aromatic rings. The lowest BCUT2D eigenvalue weighted by atomic mass is 10.1. The highest BCUT2D eigenvalue weighted by Crippen LogP contribution is 2.29. The molecule has 1 aliphatic rings. The van der Waals surface area contributed by atoms with Crippen LogP contribution in [0.3, 0.4) is 0 Å². The SMILES string of the molecule is COc1ccc(NC(=O)C(C)Nc2ccc3c(c2)CCC3)c([N+](=O)[O-])c1. The van der Waals surface area contributed by atoms with E-state index >= 15 is 0 Å². The van der Waals surface area contributed by atoms with Crippen LogP contribution in [-0.2, 0) is 17.6 Å². The molecule has 26 heavy (non-hydrogen) atoms. The lowest BCUT2D eigenvalue weighted by molar-refractivity contribution is -0.384. The molecule has 0 heterocycles. The quantitative estimate of drug-likeness (QED) is 0.611. The first-order chi connectivity index (χ1) is 12.5. The van der Waals surface area contributed by atoms with Crippen LogP contribution in [0.1, 0.15) is 24.5 Å². The van der Waals surface area contributed by atoms with Crippen LogP contribution < -0.4 is 15.4 Å². The summed E-state index contributed by atoms with van der Waals surface area (Å²) in [5, 5.41) is 17.0. The third-order valence-corrected chi connectivity index (χ3v) is 4.53. The van der Waals surface area contributed by atoms with Crippen molar-refractivity contribution in [2.45, 2.75) is 32.2 Å². The van der Waals surface area contributed by atoms with E-state index in [1.807, 2.05) is 6.07 Å². The Labute approximate surface area is 151 Å². The van der Waals surface area contributed by atoms with Gasteiger partial charge in [-0.15, -0.1) is 0 Å². The van der Waals surface area contributed by atoms with Crippen LogP contribution in [0.2, 0.25) is 0 Å². The van der Waals surface area contributed by atoms with Gasteiger partial charge in [0.05, 0.1) is 18.1 Å². The molecule has 0 saturated heterocycles. The van der Waals surface area contributed by atoms with E-state index in [1.165, 1.54) is 30.4 Å². The predicted molar refractivity (Wildman–Crippen MR) is 99.8 cm³/mol. The van der Waals surface area contributed by atoms with Crippen molar-refractivity contribution in [1.82, 2.24) is 0 Å². The van der Waals surface area contributed by atoms with Gasteiger partial charge in [-0.05, 0) is 61.6 Å². The number of nitrogens with zero attached hydrogens (tertiary/aromatic N) is 1. The first kappa shape index (κ1) is 17.7. The Morgan fingerprint density at radius 1 is 1.19 bits per heavy atom. The van der Waals surface area contributed by atoms with Crippen molar-refractivity contribution in [3.05, 3.63) is 57.6 Å². The molecule has 0 bridgehead atoms. The second kappa shape index (κ2) is 7.43. The van der Waals surface area contributed by atoms with Crippen LogP contribution in [0.4, 0.5) is 17.1 Å². The molecule has 0 radical (unpaired) electrons. The zero-order chi connectivity index (χ0) is 18.7. The summed E-state index contributed by atoms with van der Waals surface area (Å²) in [6, 6.07) is 9.90. The smallest absolute Gasteiger partial charge is 0.296 e. The number of nitrogens with one attached hydrogen (secondary N) is 2. The molecule has 7 heteroatoms. The number of rotatable bonds is 6. The third kappa shape index (κ3) is 3.77. The normalized spacial score (nSPS) is 13.6. The summed E-state index contributed by atoms with van der Waals surface area (Å²) >= 11 is 0. The Morgan fingerprint density at radius 2 is 1.96 bits per heavy atom. The van der Waals surface area contributed by atoms with Crippen LogP contribution in [0, 0.1) is 10.1 Å². The van der Waals surface area contributed by atoms with E-state index in [0.29, 0.717) is 5.75 Å². The topological polar surface area (TPSA) is 93.5 Å².